The Labute approximate surface area is 97.9 Å². The van der Waals surface area contributed by atoms with Crippen LogP contribution >= 0.6 is 0 Å². The minimum atomic E-state index is -3.78. The van der Waals surface area contributed by atoms with Crippen molar-refractivity contribution in [2.24, 2.45) is 0 Å². The molecule has 17 heavy (non-hydrogen) atoms. The largest absolute Gasteiger partial charge is 0.480 e. The van der Waals surface area contributed by atoms with Crippen molar-refractivity contribution in [1.29, 1.82) is 0 Å². The van der Waals surface area contributed by atoms with Gasteiger partial charge in [-0.05, 0) is 6.92 Å². The monoisotopic (exact) mass is 267 g/mol. The molecule has 1 fully saturated rings. The van der Waals surface area contributed by atoms with E-state index in [9.17, 15) is 18.0 Å². The van der Waals surface area contributed by atoms with Gasteiger partial charge in [-0.1, -0.05) is 0 Å². The summed E-state index contributed by atoms with van der Waals surface area (Å²) in [5, 5.41) is 17.7. The van der Waals surface area contributed by atoms with Crippen LogP contribution in [0.1, 0.15) is 13.3 Å². The number of likely N-dealkylation sites (tertiary alicyclic amines) is 1. The molecule has 1 saturated heterocycles. The minimum absolute atomic E-state index is 0.207. The van der Waals surface area contributed by atoms with E-state index in [1.165, 1.54) is 6.92 Å². The molecule has 1 aliphatic rings. The second-order valence-electron chi connectivity index (χ2n) is 4.21. The molecule has 2 N–H and O–H groups in total. The maximum Gasteiger partial charge on any atom is 0.408 e. The summed E-state index contributed by atoms with van der Waals surface area (Å²) in [5.41, 5.74) is -1.34. The third-order valence-electron chi connectivity index (χ3n) is 2.39. The molecular formula is C8H13NO7S. The van der Waals surface area contributed by atoms with Gasteiger partial charge in [-0.15, -0.1) is 0 Å². The molecule has 1 rings (SSSR count). The van der Waals surface area contributed by atoms with E-state index in [0.29, 0.717) is 4.90 Å². The van der Waals surface area contributed by atoms with E-state index in [1.54, 1.807) is 0 Å². The summed E-state index contributed by atoms with van der Waals surface area (Å²) in [6, 6.07) is -1.29. The first-order valence-corrected chi connectivity index (χ1v) is 6.49. The van der Waals surface area contributed by atoms with Crippen LogP contribution in [-0.2, 0) is 19.1 Å². The fourth-order valence-corrected chi connectivity index (χ4v) is 2.75. The van der Waals surface area contributed by atoms with E-state index in [4.69, 9.17) is 14.4 Å². The summed E-state index contributed by atoms with van der Waals surface area (Å²) in [6.45, 7) is 1.07. The molecular weight excluding hydrogens is 254 g/mol. The van der Waals surface area contributed by atoms with Crippen molar-refractivity contribution >= 4 is 22.2 Å². The Kier molecular flexibility index (Phi) is 3.35. The number of hydrogen-bond donors (Lipinski definition) is 2. The van der Waals surface area contributed by atoms with E-state index in [1.807, 2.05) is 0 Å². The second-order valence-corrected chi connectivity index (χ2v) is 5.78. The molecule has 1 heterocycles. The number of nitrogens with zero attached hydrogens (tertiary/aromatic N) is 1. The van der Waals surface area contributed by atoms with Crippen molar-refractivity contribution in [3.05, 3.63) is 0 Å². The van der Waals surface area contributed by atoms with Crippen molar-refractivity contribution in [1.82, 2.24) is 4.90 Å². The van der Waals surface area contributed by atoms with E-state index < -0.39 is 33.8 Å². The summed E-state index contributed by atoms with van der Waals surface area (Å²) >= 11 is 0. The average Bonchev–Trinajstić information content (AvgIpc) is 2.39. The van der Waals surface area contributed by atoms with Crippen molar-refractivity contribution in [3.8, 4) is 0 Å². The molecule has 9 heteroatoms. The number of hydrogen-bond acceptors (Lipinski definition) is 5. The van der Waals surface area contributed by atoms with Crippen LogP contribution in [0.15, 0.2) is 0 Å². The van der Waals surface area contributed by atoms with Gasteiger partial charge in [-0.2, -0.15) is 8.42 Å². The highest BCUT2D eigenvalue weighted by atomic mass is 32.2. The Balaban J connectivity index is 2.95. The Morgan fingerprint density at radius 2 is 1.94 bits per heavy atom. The Hall–Kier alpha value is -1.35. The van der Waals surface area contributed by atoms with Gasteiger partial charge in [-0.3, -0.25) is 9.08 Å². The van der Waals surface area contributed by atoms with Crippen molar-refractivity contribution < 1.29 is 32.4 Å². The first-order valence-electron chi connectivity index (χ1n) is 4.67. The first-order chi connectivity index (χ1) is 7.54. The maximum absolute atomic E-state index is 11.0. The third-order valence-corrected chi connectivity index (χ3v) is 3.09. The molecule has 8 nitrogen and oxygen atoms in total. The molecule has 0 aromatic rings. The van der Waals surface area contributed by atoms with Gasteiger partial charge in [0.2, 0.25) is 0 Å². The zero-order valence-electron chi connectivity index (χ0n) is 9.28. The van der Waals surface area contributed by atoms with Crippen molar-refractivity contribution in [2.45, 2.75) is 25.0 Å². The van der Waals surface area contributed by atoms with Crippen molar-refractivity contribution in [2.75, 3.05) is 12.8 Å². The lowest BCUT2D eigenvalue weighted by atomic mass is 10.0. The third kappa shape index (κ3) is 3.30. The second kappa shape index (κ2) is 4.15. The van der Waals surface area contributed by atoms with E-state index in [-0.39, 0.29) is 13.0 Å². The van der Waals surface area contributed by atoms with Crippen LogP contribution in [0.5, 0.6) is 0 Å². The van der Waals surface area contributed by atoms with Crippen LogP contribution in [0.2, 0.25) is 0 Å². The van der Waals surface area contributed by atoms with Gasteiger partial charge in [-0.25, -0.2) is 9.59 Å². The molecule has 0 radical (unpaired) electrons. The number of amides is 1. The quantitative estimate of drug-likeness (QED) is 0.664. The van der Waals surface area contributed by atoms with E-state index in [0.717, 1.165) is 6.26 Å². The smallest absolute Gasteiger partial charge is 0.408 e. The maximum atomic E-state index is 11.0. The Bertz CT molecular complexity index is 421. The van der Waals surface area contributed by atoms with Gasteiger partial charge in [0, 0.05) is 6.42 Å². The standard InChI is InChI=1S/C8H13NO7S/c1-8(16-17(2,14)15)3-5(6(10)11)9(4-8)7(12)13/h5H,3-4H2,1-2H3,(H,10,11)(H,12,13). The number of carboxylic acid groups (broad SMARTS) is 2. The lowest BCUT2D eigenvalue weighted by Gasteiger charge is -2.22. The lowest BCUT2D eigenvalue weighted by molar-refractivity contribution is -0.141. The van der Waals surface area contributed by atoms with E-state index in [2.05, 4.69) is 0 Å². The Morgan fingerprint density at radius 1 is 1.41 bits per heavy atom. The number of carbonyl (C=O) groups is 2. The van der Waals surface area contributed by atoms with Gasteiger partial charge in [0.1, 0.15) is 11.6 Å². The zero-order valence-corrected chi connectivity index (χ0v) is 10.1. The molecule has 98 valence electrons. The molecule has 0 aromatic carbocycles. The van der Waals surface area contributed by atoms with Gasteiger partial charge in [0.15, 0.2) is 0 Å². The average molecular weight is 267 g/mol. The molecule has 0 saturated carbocycles. The van der Waals surface area contributed by atoms with Gasteiger partial charge in [0.05, 0.1) is 12.8 Å². The summed E-state index contributed by atoms with van der Waals surface area (Å²) in [4.78, 5) is 22.3. The highest BCUT2D eigenvalue weighted by molar-refractivity contribution is 7.86. The predicted molar refractivity (Wildman–Crippen MR) is 55.1 cm³/mol. The zero-order chi connectivity index (χ0) is 13.4. The summed E-state index contributed by atoms with van der Waals surface area (Å²) in [5.74, 6) is -1.33. The fraction of sp³-hybridized carbons (Fsp3) is 0.750. The molecule has 0 aromatic heterocycles. The number of aliphatic carboxylic acids is 1. The Morgan fingerprint density at radius 3 is 2.24 bits per heavy atom. The number of carboxylic acids is 1. The van der Waals surface area contributed by atoms with Crippen LogP contribution in [0, 0.1) is 0 Å². The molecule has 0 bridgehead atoms. The summed E-state index contributed by atoms with van der Waals surface area (Å²) in [7, 11) is -3.78. The fourth-order valence-electron chi connectivity index (χ4n) is 1.90. The first kappa shape index (κ1) is 13.7. The predicted octanol–water partition coefficient (Wildman–Crippen LogP) is -0.442. The van der Waals surface area contributed by atoms with Crippen molar-refractivity contribution in [3.63, 3.8) is 0 Å². The van der Waals surface area contributed by atoms with Crippen LogP contribution in [0.25, 0.3) is 0 Å². The molecule has 1 amide bonds. The van der Waals surface area contributed by atoms with Gasteiger partial charge < -0.3 is 10.2 Å². The molecule has 2 unspecified atom stereocenters. The highest BCUT2D eigenvalue weighted by Gasteiger charge is 2.49. The van der Waals surface area contributed by atoms with E-state index >= 15 is 0 Å². The normalized spacial score (nSPS) is 29.3. The lowest BCUT2D eigenvalue weighted by Crippen LogP contribution is -2.40. The molecule has 0 aliphatic carbocycles. The highest BCUT2D eigenvalue weighted by Crippen LogP contribution is 2.31. The van der Waals surface area contributed by atoms with Crippen LogP contribution in [-0.4, -0.2) is 60.0 Å². The van der Waals surface area contributed by atoms with Crippen LogP contribution < -0.4 is 0 Å². The topological polar surface area (TPSA) is 121 Å². The summed E-state index contributed by atoms with van der Waals surface area (Å²) < 4.78 is 26.8. The van der Waals surface area contributed by atoms with Gasteiger partial charge >= 0.3 is 12.1 Å². The summed E-state index contributed by atoms with van der Waals surface area (Å²) in [6.07, 6.45) is -0.794. The molecule has 0 spiro atoms. The molecule has 2 atom stereocenters. The minimum Gasteiger partial charge on any atom is -0.480 e. The number of rotatable bonds is 3. The SMILES string of the molecule is CC1(OS(C)(=O)=O)CC(C(=O)O)N(C(=O)O)C1. The van der Waals surface area contributed by atoms with Crippen LogP contribution in [0.3, 0.4) is 0 Å². The van der Waals surface area contributed by atoms with Crippen LogP contribution in [0.4, 0.5) is 4.79 Å². The van der Waals surface area contributed by atoms with Gasteiger partial charge in [0.25, 0.3) is 10.1 Å². The molecule has 1 aliphatic heterocycles.